The quantitative estimate of drug-likeness (QED) is 0.754. The molecule has 2 heterocycles. The summed E-state index contributed by atoms with van der Waals surface area (Å²) in [5.41, 5.74) is 0. The molecule has 1 N–H and O–H groups in total. The Labute approximate surface area is 93.1 Å². The smallest absolute Gasteiger partial charge is 0.0558 e. The van der Waals surface area contributed by atoms with E-state index < -0.39 is 0 Å². The molecule has 0 saturated carbocycles. The SMILES string of the molecule is OCCN1CCC(N2CCCCCC2)C1. The highest BCUT2D eigenvalue weighted by Gasteiger charge is 2.27. The number of aliphatic hydroxyl groups excluding tert-OH is 1. The number of hydrogen-bond donors (Lipinski definition) is 1. The third-order valence-corrected chi connectivity index (χ3v) is 3.82. The second-order valence-electron chi connectivity index (χ2n) is 4.92. The summed E-state index contributed by atoms with van der Waals surface area (Å²) in [6.07, 6.45) is 6.92. The molecule has 2 fully saturated rings. The fraction of sp³-hybridized carbons (Fsp3) is 1.00. The van der Waals surface area contributed by atoms with Gasteiger partial charge < -0.3 is 5.11 Å². The maximum absolute atomic E-state index is 8.91. The largest absolute Gasteiger partial charge is 0.395 e. The Bertz CT molecular complexity index is 178. The van der Waals surface area contributed by atoms with Crippen LogP contribution in [0.5, 0.6) is 0 Å². The zero-order valence-electron chi connectivity index (χ0n) is 9.70. The predicted molar refractivity (Wildman–Crippen MR) is 62.0 cm³/mol. The first-order valence-electron chi connectivity index (χ1n) is 6.47. The van der Waals surface area contributed by atoms with E-state index in [1.165, 1.54) is 58.3 Å². The summed E-state index contributed by atoms with van der Waals surface area (Å²) in [7, 11) is 0. The molecule has 88 valence electrons. The molecule has 2 aliphatic heterocycles. The lowest BCUT2D eigenvalue weighted by molar-refractivity contribution is 0.182. The van der Waals surface area contributed by atoms with Gasteiger partial charge in [-0.05, 0) is 38.9 Å². The molecule has 2 rings (SSSR count). The third-order valence-electron chi connectivity index (χ3n) is 3.82. The van der Waals surface area contributed by atoms with Crippen molar-refractivity contribution in [3.8, 4) is 0 Å². The first kappa shape index (κ1) is 11.4. The average Bonchev–Trinajstić information content (AvgIpc) is 2.53. The van der Waals surface area contributed by atoms with E-state index in [9.17, 15) is 0 Å². The van der Waals surface area contributed by atoms with Crippen LogP contribution in [0.25, 0.3) is 0 Å². The molecule has 2 aliphatic rings. The van der Waals surface area contributed by atoms with Crippen molar-refractivity contribution in [2.45, 2.75) is 38.1 Å². The van der Waals surface area contributed by atoms with Crippen molar-refractivity contribution >= 4 is 0 Å². The molecule has 2 saturated heterocycles. The van der Waals surface area contributed by atoms with Gasteiger partial charge in [0, 0.05) is 19.1 Å². The third kappa shape index (κ3) is 3.16. The van der Waals surface area contributed by atoms with Crippen molar-refractivity contribution in [1.29, 1.82) is 0 Å². The van der Waals surface area contributed by atoms with Gasteiger partial charge in [-0.25, -0.2) is 0 Å². The molecule has 1 unspecified atom stereocenters. The van der Waals surface area contributed by atoms with Crippen LogP contribution in [-0.4, -0.2) is 60.3 Å². The summed E-state index contributed by atoms with van der Waals surface area (Å²) >= 11 is 0. The van der Waals surface area contributed by atoms with Crippen LogP contribution in [0, 0.1) is 0 Å². The summed E-state index contributed by atoms with van der Waals surface area (Å²) < 4.78 is 0. The monoisotopic (exact) mass is 212 g/mol. The Hall–Kier alpha value is -0.120. The van der Waals surface area contributed by atoms with E-state index in [4.69, 9.17) is 5.11 Å². The van der Waals surface area contributed by atoms with E-state index in [0.717, 1.165) is 12.6 Å². The lowest BCUT2D eigenvalue weighted by Crippen LogP contribution is -2.38. The van der Waals surface area contributed by atoms with Gasteiger partial charge in [-0.3, -0.25) is 9.80 Å². The number of hydrogen-bond acceptors (Lipinski definition) is 3. The second-order valence-corrected chi connectivity index (χ2v) is 4.92. The van der Waals surface area contributed by atoms with Crippen LogP contribution in [0.4, 0.5) is 0 Å². The van der Waals surface area contributed by atoms with Gasteiger partial charge in [0.1, 0.15) is 0 Å². The molecule has 0 aliphatic carbocycles. The van der Waals surface area contributed by atoms with Crippen molar-refractivity contribution in [2.75, 3.05) is 39.3 Å². The minimum atomic E-state index is 0.312. The van der Waals surface area contributed by atoms with Crippen LogP contribution < -0.4 is 0 Å². The minimum absolute atomic E-state index is 0.312. The van der Waals surface area contributed by atoms with E-state index >= 15 is 0 Å². The Kier molecular flexibility index (Phi) is 4.42. The molecule has 0 amide bonds. The number of β-amino-alcohol motifs (C(OH)–C–C–N with tert-alkyl or cyclic N) is 1. The van der Waals surface area contributed by atoms with Crippen LogP contribution in [0.2, 0.25) is 0 Å². The summed E-state index contributed by atoms with van der Waals surface area (Å²) in [4.78, 5) is 5.08. The molecular weight excluding hydrogens is 188 g/mol. The second kappa shape index (κ2) is 5.83. The lowest BCUT2D eigenvalue weighted by atomic mass is 10.2. The van der Waals surface area contributed by atoms with Crippen LogP contribution in [0.3, 0.4) is 0 Å². The first-order chi connectivity index (χ1) is 7.40. The molecule has 1 atom stereocenters. The van der Waals surface area contributed by atoms with Crippen LogP contribution in [0.1, 0.15) is 32.1 Å². The Morgan fingerprint density at radius 2 is 1.73 bits per heavy atom. The number of rotatable bonds is 3. The van der Waals surface area contributed by atoms with Gasteiger partial charge in [-0.1, -0.05) is 12.8 Å². The number of aliphatic hydroxyl groups is 1. The maximum atomic E-state index is 8.91. The molecule has 0 aromatic carbocycles. The predicted octanol–water partition coefficient (Wildman–Crippen LogP) is 0.929. The molecule has 0 bridgehead atoms. The number of nitrogens with zero attached hydrogens (tertiary/aromatic N) is 2. The maximum Gasteiger partial charge on any atom is 0.0558 e. The Morgan fingerprint density at radius 1 is 1.00 bits per heavy atom. The van der Waals surface area contributed by atoms with E-state index in [2.05, 4.69) is 9.80 Å². The van der Waals surface area contributed by atoms with Gasteiger partial charge in [0.2, 0.25) is 0 Å². The van der Waals surface area contributed by atoms with Gasteiger partial charge in [-0.15, -0.1) is 0 Å². The van der Waals surface area contributed by atoms with Crippen LogP contribution >= 0.6 is 0 Å². The topological polar surface area (TPSA) is 26.7 Å². The van der Waals surface area contributed by atoms with Crippen LogP contribution in [-0.2, 0) is 0 Å². The fourth-order valence-corrected chi connectivity index (χ4v) is 2.92. The highest BCUT2D eigenvalue weighted by Crippen LogP contribution is 2.19. The van der Waals surface area contributed by atoms with Crippen molar-refractivity contribution in [3.05, 3.63) is 0 Å². The Balaban J connectivity index is 1.78. The highest BCUT2D eigenvalue weighted by molar-refractivity contribution is 4.84. The lowest BCUT2D eigenvalue weighted by Gasteiger charge is -2.27. The molecule has 3 heteroatoms. The van der Waals surface area contributed by atoms with Gasteiger partial charge in [0.25, 0.3) is 0 Å². The molecule has 15 heavy (non-hydrogen) atoms. The minimum Gasteiger partial charge on any atom is -0.395 e. The fourth-order valence-electron chi connectivity index (χ4n) is 2.92. The first-order valence-corrected chi connectivity index (χ1v) is 6.47. The van der Waals surface area contributed by atoms with Gasteiger partial charge >= 0.3 is 0 Å². The molecule has 0 aromatic rings. The van der Waals surface area contributed by atoms with Crippen molar-refractivity contribution in [3.63, 3.8) is 0 Å². The van der Waals surface area contributed by atoms with Crippen molar-refractivity contribution in [1.82, 2.24) is 9.80 Å². The molecule has 0 aromatic heterocycles. The normalized spacial score (nSPS) is 30.6. The van der Waals surface area contributed by atoms with Crippen LogP contribution in [0.15, 0.2) is 0 Å². The molecule has 0 spiro atoms. The zero-order chi connectivity index (χ0) is 10.5. The van der Waals surface area contributed by atoms with Crippen molar-refractivity contribution in [2.24, 2.45) is 0 Å². The highest BCUT2D eigenvalue weighted by atomic mass is 16.3. The summed E-state index contributed by atoms with van der Waals surface area (Å²) in [5, 5.41) is 8.91. The van der Waals surface area contributed by atoms with Gasteiger partial charge in [-0.2, -0.15) is 0 Å². The molecule has 3 nitrogen and oxygen atoms in total. The summed E-state index contributed by atoms with van der Waals surface area (Å²) in [5.74, 6) is 0. The van der Waals surface area contributed by atoms with Gasteiger partial charge in [0.15, 0.2) is 0 Å². The molecule has 0 radical (unpaired) electrons. The summed E-state index contributed by atoms with van der Waals surface area (Å²) in [6.45, 7) is 6.15. The number of likely N-dealkylation sites (tertiary alicyclic amines) is 2. The van der Waals surface area contributed by atoms with E-state index in [1.807, 2.05) is 0 Å². The van der Waals surface area contributed by atoms with E-state index in [0.29, 0.717) is 6.61 Å². The standard InChI is InChI=1S/C12H24N2O/c15-10-9-13-8-5-12(11-13)14-6-3-1-2-4-7-14/h12,15H,1-11H2. The molecular formula is C12H24N2O. The van der Waals surface area contributed by atoms with Crippen molar-refractivity contribution < 1.29 is 5.11 Å². The zero-order valence-corrected chi connectivity index (χ0v) is 9.70. The average molecular weight is 212 g/mol. The van der Waals surface area contributed by atoms with E-state index in [1.54, 1.807) is 0 Å². The van der Waals surface area contributed by atoms with E-state index in [-0.39, 0.29) is 0 Å². The summed E-state index contributed by atoms with van der Waals surface area (Å²) in [6, 6.07) is 0.773. The van der Waals surface area contributed by atoms with Gasteiger partial charge in [0.05, 0.1) is 6.61 Å². The Morgan fingerprint density at radius 3 is 2.40 bits per heavy atom.